The molecular weight excluding hydrogens is 252 g/mol. The van der Waals surface area contributed by atoms with E-state index >= 15 is 0 Å². The van der Waals surface area contributed by atoms with Gasteiger partial charge in [-0.2, -0.15) is 8.42 Å². The first kappa shape index (κ1) is 13.7. The SMILES string of the molecule is NC(=O)N1CCC(OS(=O)(=O)CC(=O)O)CC1. The van der Waals surface area contributed by atoms with Gasteiger partial charge in [-0.15, -0.1) is 0 Å². The van der Waals surface area contributed by atoms with E-state index in [0.29, 0.717) is 25.9 Å². The fourth-order valence-corrected chi connectivity index (χ4v) is 2.54. The lowest BCUT2D eigenvalue weighted by Gasteiger charge is -2.29. The molecule has 0 saturated carbocycles. The summed E-state index contributed by atoms with van der Waals surface area (Å²) < 4.78 is 27.2. The first-order chi connectivity index (χ1) is 7.80. The summed E-state index contributed by atoms with van der Waals surface area (Å²) in [5, 5.41) is 8.36. The lowest BCUT2D eigenvalue weighted by Crippen LogP contribution is -2.44. The Morgan fingerprint density at radius 1 is 1.35 bits per heavy atom. The quantitative estimate of drug-likeness (QED) is 0.626. The number of rotatable bonds is 4. The summed E-state index contributed by atoms with van der Waals surface area (Å²) >= 11 is 0. The van der Waals surface area contributed by atoms with Crippen LogP contribution in [0.5, 0.6) is 0 Å². The highest BCUT2D eigenvalue weighted by atomic mass is 32.2. The van der Waals surface area contributed by atoms with Gasteiger partial charge in [-0.3, -0.25) is 8.98 Å². The molecule has 0 aromatic rings. The second-order valence-corrected chi connectivity index (χ2v) is 5.31. The van der Waals surface area contributed by atoms with E-state index < -0.39 is 34.0 Å². The van der Waals surface area contributed by atoms with Gasteiger partial charge in [0.2, 0.25) is 0 Å². The van der Waals surface area contributed by atoms with Crippen molar-refractivity contribution in [2.75, 3.05) is 18.8 Å². The Morgan fingerprint density at radius 3 is 2.29 bits per heavy atom. The van der Waals surface area contributed by atoms with Crippen LogP contribution in [0.15, 0.2) is 0 Å². The molecule has 1 aliphatic heterocycles. The molecule has 1 heterocycles. The number of urea groups is 1. The zero-order chi connectivity index (χ0) is 13.1. The normalized spacial score (nSPS) is 18.0. The van der Waals surface area contributed by atoms with Gasteiger partial charge in [-0.05, 0) is 12.8 Å². The van der Waals surface area contributed by atoms with Gasteiger partial charge in [-0.25, -0.2) is 4.79 Å². The summed E-state index contributed by atoms with van der Waals surface area (Å²) in [5.41, 5.74) is 5.06. The minimum atomic E-state index is -4.05. The van der Waals surface area contributed by atoms with Crippen molar-refractivity contribution in [2.24, 2.45) is 5.73 Å². The predicted octanol–water partition coefficient (Wildman–Crippen LogP) is -1.04. The van der Waals surface area contributed by atoms with Crippen LogP contribution in [0.2, 0.25) is 0 Å². The van der Waals surface area contributed by atoms with E-state index in [9.17, 15) is 18.0 Å². The van der Waals surface area contributed by atoms with Gasteiger partial charge in [0, 0.05) is 13.1 Å². The standard InChI is InChI=1S/C8H14N2O6S/c9-8(13)10-3-1-6(2-4-10)16-17(14,15)5-7(11)12/h6H,1-5H2,(H2,9,13)(H,11,12). The molecule has 0 unspecified atom stereocenters. The molecule has 0 radical (unpaired) electrons. The van der Waals surface area contributed by atoms with E-state index in [2.05, 4.69) is 0 Å². The summed E-state index contributed by atoms with van der Waals surface area (Å²) in [4.78, 5) is 22.5. The summed E-state index contributed by atoms with van der Waals surface area (Å²) in [5.74, 6) is -2.51. The summed E-state index contributed by atoms with van der Waals surface area (Å²) in [6.07, 6.45) is 0.0544. The number of primary amides is 1. The topological polar surface area (TPSA) is 127 Å². The molecule has 0 aliphatic carbocycles. The maximum atomic E-state index is 11.2. The lowest BCUT2D eigenvalue weighted by atomic mass is 10.1. The zero-order valence-corrected chi connectivity index (χ0v) is 9.85. The summed E-state index contributed by atoms with van der Waals surface area (Å²) in [7, 11) is -4.05. The van der Waals surface area contributed by atoms with Crippen LogP contribution < -0.4 is 5.73 Å². The molecule has 0 aromatic carbocycles. The Labute approximate surface area is 98.5 Å². The molecule has 0 atom stereocenters. The molecule has 2 amide bonds. The van der Waals surface area contributed by atoms with E-state index in [1.54, 1.807) is 0 Å². The van der Waals surface area contributed by atoms with Crippen LogP contribution in [0.1, 0.15) is 12.8 Å². The number of nitrogens with two attached hydrogens (primary N) is 1. The molecule has 98 valence electrons. The molecular formula is C8H14N2O6S. The highest BCUT2D eigenvalue weighted by molar-refractivity contribution is 7.87. The van der Waals surface area contributed by atoms with Crippen molar-refractivity contribution in [1.82, 2.24) is 4.90 Å². The number of carboxylic acid groups (broad SMARTS) is 1. The third-order valence-corrected chi connectivity index (χ3v) is 3.50. The fourth-order valence-electron chi connectivity index (χ4n) is 1.56. The van der Waals surface area contributed by atoms with Crippen molar-refractivity contribution in [2.45, 2.75) is 18.9 Å². The minimum absolute atomic E-state index is 0.308. The first-order valence-corrected chi connectivity index (χ1v) is 6.55. The highest BCUT2D eigenvalue weighted by Crippen LogP contribution is 2.15. The first-order valence-electron chi connectivity index (χ1n) is 4.97. The molecule has 0 spiro atoms. The maximum Gasteiger partial charge on any atom is 0.321 e. The van der Waals surface area contributed by atoms with Gasteiger partial charge >= 0.3 is 12.0 Å². The van der Waals surface area contributed by atoms with Gasteiger partial charge in [-0.1, -0.05) is 0 Å². The second-order valence-electron chi connectivity index (χ2n) is 3.72. The van der Waals surface area contributed by atoms with Crippen molar-refractivity contribution in [3.05, 3.63) is 0 Å². The van der Waals surface area contributed by atoms with Crippen LogP contribution in [0.3, 0.4) is 0 Å². The summed E-state index contributed by atoms with van der Waals surface area (Å²) in [6.45, 7) is 0.616. The van der Waals surface area contributed by atoms with Crippen molar-refractivity contribution in [3.8, 4) is 0 Å². The maximum absolute atomic E-state index is 11.2. The smallest absolute Gasteiger partial charge is 0.321 e. The number of likely N-dealkylation sites (tertiary alicyclic amines) is 1. The third-order valence-electron chi connectivity index (χ3n) is 2.34. The number of amides is 2. The Bertz CT molecular complexity index is 398. The monoisotopic (exact) mass is 266 g/mol. The Hall–Kier alpha value is -1.35. The largest absolute Gasteiger partial charge is 0.480 e. The van der Waals surface area contributed by atoms with Crippen LogP contribution in [-0.4, -0.2) is 55.4 Å². The van der Waals surface area contributed by atoms with Crippen molar-refractivity contribution >= 4 is 22.1 Å². The molecule has 17 heavy (non-hydrogen) atoms. The summed E-state index contributed by atoms with van der Waals surface area (Å²) in [6, 6.07) is -0.558. The number of hydrogen-bond acceptors (Lipinski definition) is 5. The molecule has 0 bridgehead atoms. The lowest BCUT2D eigenvalue weighted by molar-refractivity contribution is -0.134. The van der Waals surface area contributed by atoms with Crippen LogP contribution in [0.25, 0.3) is 0 Å². The minimum Gasteiger partial charge on any atom is -0.480 e. The third kappa shape index (κ3) is 4.57. The zero-order valence-electron chi connectivity index (χ0n) is 9.03. The Kier molecular flexibility index (Phi) is 4.29. The van der Waals surface area contributed by atoms with Crippen molar-refractivity contribution in [1.29, 1.82) is 0 Å². The highest BCUT2D eigenvalue weighted by Gasteiger charge is 2.27. The average Bonchev–Trinajstić information content (AvgIpc) is 2.15. The number of aliphatic carboxylic acids is 1. The number of hydrogen-bond donors (Lipinski definition) is 2. The van der Waals surface area contributed by atoms with Crippen molar-refractivity contribution < 1.29 is 27.3 Å². The molecule has 3 N–H and O–H groups in total. The fraction of sp³-hybridized carbons (Fsp3) is 0.750. The van der Waals surface area contributed by atoms with Gasteiger partial charge in [0.05, 0.1) is 6.10 Å². The molecule has 1 rings (SSSR count). The molecule has 1 fully saturated rings. The number of carbonyl (C=O) groups excluding carboxylic acids is 1. The van der Waals surface area contributed by atoms with Crippen LogP contribution in [0.4, 0.5) is 4.79 Å². The number of piperidine rings is 1. The van der Waals surface area contributed by atoms with Gasteiger partial charge in [0.15, 0.2) is 5.75 Å². The average molecular weight is 266 g/mol. The Balaban J connectivity index is 2.45. The van der Waals surface area contributed by atoms with Crippen LogP contribution >= 0.6 is 0 Å². The van der Waals surface area contributed by atoms with E-state index in [0.717, 1.165) is 0 Å². The number of carboxylic acids is 1. The van der Waals surface area contributed by atoms with Gasteiger partial charge < -0.3 is 15.7 Å². The number of carbonyl (C=O) groups is 2. The van der Waals surface area contributed by atoms with E-state index in [4.69, 9.17) is 15.0 Å². The second kappa shape index (κ2) is 5.32. The predicted molar refractivity (Wildman–Crippen MR) is 56.7 cm³/mol. The molecule has 9 heteroatoms. The van der Waals surface area contributed by atoms with Gasteiger partial charge in [0.1, 0.15) is 0 Å². The molecule has 1 saturated heterocycles. The molecule has 0 aromatic heterocycles. The van der Waals surface area contributed by atoms with Gasteiger partial charge in [0.25, 0.3) is 10.1 Å². The van der Waals surface area contributed by atoms with E-state index in [1.165, 1.54) is 4.90 Å². The molecule has 1 aliphatic rings. The number of nitrogens with zero attached hydrogens (tertiary/aromatic N) is 1. The van der Waals surface area contributed by atoms with Crippen LogP contribution in [0, 0.1) is 0 Å². The van der Waals surface area contributed by atoms with E-state index in [-0.39, 0.29) is 0 Å². The van der Waals surface area contributed by atoms with E-state index in [1.807, 2.05) is 0 Å². The van der Waals surface area contributed by atoms with Crippen LogP contribution in [-0.2, 0) is 19.1 Å². The van der Waals surface area contributed by atoms with Crippen molar-refractivity contribution in [3.63, 3.8) is 0 Å². The Morgan fingerprint density at radius 2 is 1.88 bits per heavy atom. The molecule has 8 nitrogen and oxygen atoms in total.